The van der Waals surface area contributed by atoms with Gasteiger partial charge in [-0.05, 0) is 26.3 Å². The van der Waals surface area contributed by atoms with E-state index in [0.29, 0.717) is 6.42 Å². The Kier molecular flexibility index (Phi) is 19.6. The van der Waals surface area contributed by atoms with E-state index in [9.17, 15) is 4.79 Å². The molecule has 3 N–H and O–H groups in total. The van der Waals surface area contributed by atoms with E-state index in [1.807, 2.05) is 6.92 Å². The lowest BCUT2D eigenvalue weighted by Gasteiger charge is -1.95. The smallest absolute Gasteiger partial charge is 0.303 e. The molecule has 0 aromatic heterocycles. The van der Waals surface area contributed by atoms with Gasteiger partial charge < -0.3 is 15.6 Å². The Morgan fingerprint density at radius 3 is 2.24 bits per heavy atom. The summed E-state index contributed by atoms with van der Waals surface area (Å²) in [6.45, 7) is 6.49. The average molecular weight is 247 g/mol. The maximum atomic E-state index is 10.0. The molecule has 104 valence electrons. The van der Waals surface area contributed by atoms with Crippen LogP contribution >= 0.6 is 0 Å². The van der Waals surface area contributed by atoms with Crippen molar-refractivity contribution in [3.05, 3.63) is 0 Å². The van der Waals surface area contributed by atoms with Crippen molar-refractivity contribution in [2.45, 2.75) is 58.8 Å². The SMILES string of the molecule is CCCCCCCC(=O)O.CCOCCCN. The standard InChI is InChI=1S/C8H16O2.C5H13NO/c1-2-3-4-5-6-7-8(9)10;1-2-7-5-3-4-6/h2-7H2,1H3,(H,9,10);2-6H2,1H3. The number of carboxylic acid groups (broad SMARTS) is 1. The maximum Gasteiger partial charge on any atom is 0.303 e. The quantitative estimate of drug-likeness (QED) is 0.582. The second-order valence-electron chi connectivity index (χ2n) is 3.90. The van der Waals surface area contributed by atoms with Gasteiger partial charge in [-0.3, -0.25) is 4.79 Å². The molecule has 0 saturated heterocycles. The lowest BCUT2D eigenvalue weighted by atomic mass is 10.1. The second kappa shape index (κ2) is 17.8. The Balaban J connectivity index is 0. The van der Waals surface area contributed by atoms with Gasteiger partial charge in [0.1, 0.15) is 0 Å². The fourth-order valence-electron chi connectivity index (χ4n) is 1.21. The van der Waals surface area contributed by atoms with Crippen LogP contribution in [0.3, 0.4) is 0 Å². The highest BCUT2D eigenvalue weighted by Crippen LogP contribution is 2.04. The van der Waals surface area contributed by atoms with Crippen molar-refractivity contribution in [3.63, 3.8) is 0 Å². The molecule has 0 fully saturated rings. The zero-order chi connectivity index (χ0) is 13.4. The third-order valence-corrected chi connectivity index (χ3v) is 2.19. The molecule has 0 amide bonds. The van der Waals surface area contributed by atoms with Crippen molar-refractivity contribution >= 4 is 5.97 Å². The first kappa shape index (κ1) is 18.7. The number of hydrogen-bond acceptors (Lipinski definition) is 3. The van der Waals surface area contributed by atoms with E-state index in [0.717, 1.165) is 39.0 Å². The van der Waals surface area contributed by atoms with Crippen molar-refractivity contribution in [1.29, 1.82) is 0 Å². The number of carbonyl (C=O) groups is 1. The highest BCUT2D eigenvalue weighted by Gasteiger charge is 1.94. The number of hydrogen-bond donors (Lipinski definition) is 2. The normalized spacial score (nSPS) is 9.59. The van der Waals surface area contributed by atoms with E-state index in [1.165, 1.54) is 19.3 Å². The molecule has 0 aliphatic carbocycles. The predicted octanol–water partition coefficient (Wildman–Crippen LogP) is 2.80. The molecule has 0 bridgehead atoms. The molecule has 4 heteroatoms. The topological polar surface area (TPSA) is 72.5 Å². The molecule has 0 saturated carbocycles. The van der Waals surface area contributed by atoms with Gasteiger partial charge in [-0.25, -0.2) is 0 Å². The molecule has 0 aliphatic heterocycles. The number of ether oxygens (including phenoxy) is 1. The molecule has 0 heterocycles. The summed E-state index contributed by atoms with van der Waals surface area (Å²) < 4.78 is 4.99. The summed E-state index contributed by atoms with van der Waals surface area (Å²) in [4.78, 5) is 10.0. The van der Waals surface area contributed by atoms with Gasteiger partial charge >= 0.3 is 5.97 Å². The average Bonchev–Trinajstić information content (AvgIpc) is 2.30. The lowest BCUT2D eigenvalue weighted by molar-refractivity contribution is -0.137. The molecule has 0 rings (SSSR count). The van der Waals surface area contributed by atoms with Crippen LogP contribution in [0.5, 0.6) is 0 Å². The van der Waals surface area contributed by atoms with Crippen LogP contribution in [0.4, 0.5) is 0 Å². The Labute approximate surface area is 106 Å². The molecule has 0 aromatic rings. The summed E-state index contributed by atoms with van der Waals surface area (Å²) in [7, 11) is 0. The number of unbranched alkanes of at least 4 members (excludes halogenated alkanes) is 4. The zero-order valence-corrected chi connectivity index (χ0v) is 11.4. The lowest BCUT2D eigenvalue weighted by Crippen LogP contribution is -2.03. The first-order valence-corrected chi connectivity index (χ1v) is 6.68. The monoisotopic (exact) mass is 247 g/mol. The van der Waals surface area contributed by atoms with Crippen molar-refractivity contribution in [2.75, 3.05) is 19.8 Å². The van der Waals surface area contributed by atoms with E-state index in [4.69, 9.17) is 15.6 Å². The molecular weight excluding hydrogens is 218 g/mol. The molecule has 0 atom stereocenters. The van der Waals surface area contributed by atoms with Gasteiger partial charge in [-0.15, -0.1) is 0 Å². The van der Waals surface area contributed by atoms with Gasteiger partial charge in [0, 0.05) is 19.6 Å². The highest BCUT2D eigenvalue weighted by molar-refractivity contribution is 5.66. The van der Waals surface area contributed by atoms with Crippen LogP contribution in [-0.2, 0) is 9.53 Å². The van der Waals surface area contributed by atoms with Gasteiger partial charge in [-0.1, -0.05) is 32.6 Å². The molecule has 0 radical (unpaired) electrons. The highest BCUT2D eigenvalue weighted by atomic mass is 16.5. The third kappa shape index (κ3) is 25.6. The summed E-state index contributed by atoms with van der Waals surface area (Å²) in [5, 5.41) is 8.27. The van der Waals surface area contributed by atoms with Crippen LogP contribution in [0.2, 0.25) is 0 Å². The molecule has 0 aromatic carbocycles. The van der Waals surface area contributed by atoms with E-state index in [-0.39, 0.29) is 0 Å². The summed E-state index contributed by atoms with van der Waals surface area (Å²) in [5.41, 5.74) is 5.19. The van der Waals surface area contributed by atoms with Crippen LogP contribution in [0.1, 0.15) is 58.8 Å². The largest absolute Gasteiger partial charge is 0.481 e. The van der Waals surface area contributed by atoms with Gasteiger partial charge in [0.2, 0.25) is 0 Å². The third-order valence-electron chi connectivity index (χ3n) is 2.19. The Bertz CT molecular complexity index is 148. The molecule has 0 unspecified atom stereocenters. The van der Waals surface area contributed by atoms with Crippen molar-refractivity contribution in [3.8, 4) is 0 Å². The van der Waals surface area contributed by atoms with E-state index in [2.05, 4.69) is 6.92 Å². The molecule has 17 heavy (non-hydrogen) atoms. The molecule has 4 nitrogen and oxygen atoms in total. The number of aliphatic carboxylic acids is 1. The Morgan fingerprint density at radius 2 is 1.76 bits per heavy atom. The zero-order valence-electron chi connectivity index (χ0n) is 11.4. The fraction of sp³-hybridized carbons (Fsp3) is 0.923. The van der Waals surface area contributed by atoms with Crippen LogP contribution in [-0.4, -0.2) is 30.8 Å². The minimum Gasteiger partial charge on any atom is -0.481 e. The van der Waals surface area contributed by atoms with Gasteiger partial charge in [0.15, 0.2) is 0 Å². The summed E-state index contributed by atoms with van der Waals surface area (Å²) in [5.74, 6) is -0.670. The van der Waals surface area contributed by atoms with E-state index in [1.54, 1.807) is 0 Å². The summed E-state index contributed by atoms with van der Waals surface area (Å²) in [6, 6.07) is 0. The first-order valence-electron chi connectivity index (χ1n) is 6.68. The van der Waals surface area contributed by atoms with Gasteiger partial charge in [0.05, 0.1) is 0 Å². The molecule has 0 aliphatic rings. The van der Waals surface area contributed by atoms with E-state index >= 15 is 0 Å². The second-order valence-corrected chi connectivity index (χ2v) is 3.90. The van der Waals surface area contributed by atoms with Crippen molar-refractivity contribution < 1.29 is 14.6 Å². The summed E-state index contributed by atoms with van der Waals surface area (Å²) >= 11 is 0. The maximum absolute atomic E-state index is 10.0. The van der Waals surface area contributed by atoms with Crippen LogP contribution in [0, 0.1) is 0 Å². The first-order chi connectivity index (χ1) is 8.18. The number of carboxylic acids is 1. The summed E-state index contributed by atoms with van der Waals surface area (Å²) in [6.07, 6.45) is 6.86. The molecular formula is C13H29NO3. The number of rotatable bonds is 10. The minimum absolute atomic E-state index is 0.337. The van der Waals surface area contributed by atoms with Crippen molar-refractivity contribution in [2.24, 2.45) is 5.73 Å². The fourth-order valence-corrected chi connectivity index (χ4v) is 1.21. The van der Waals surface area contributed by atoms with Crippen LogP contribution < -0.4 is 5.73 Å². The number of nitrogens with two attached hydrogens (primary N) is 1. The van der Waals surface area contributed by atoms with Crippen molar-refractivity contribution in [1.82, 2.24) is 0 Å². The minimum atomic E-state index is -0.670. The predicted molar refractivity (Wildman–Crippen MR) is 71.2 cm³/mol. The Hall–Kier alpha value is -0.610. The molecule has 0 spiro atoms. The van der Waals surface area contributed by atoms with Crippen LogP contribution in [0.15, 0.2) is 0 Å². The van der Waals surface area contributed by atoms with Crippen LogP contribution in [0.25, 0.3) is 0 Å². The Morgan fingerprint density at radius 1 is 1.12 bits per heavy atom. The van der Waals surface area contributed by atoms with E-state index < -0.39 is 5.97 Å². The van der Waals surface area contributed by atoms with Gasteiger partial charge in [0.25, 0.3) is 0 Å². The van der Waals surface area contributed by atoms with Gasteiger partial charge in [-0.2, -0.15) is 0 Å².